The van der Waals surface area contributed by atoms with Crippen molar-refractivity contribution < 1.29 is 14.3 Å². The molecular formula is C21H23N5O4. The van der Waals surface area contributed by atoms with E-state index in [1.807, 2.05) is 0 Å². The average molecular weight is 409 g/mol. The number of primary amides is 1. The van der Waals surface area contributed by atoms with Gasteiger partial charge in [0.25, 0.3) is 5.56 Å². The van der Waals surface area contributed by atoms with Crippen molar-refractivity contribution in [1.82, 2.24) is 14.5 Å². The minimum absolute atomic E-state index is 0.0608. The lowest BCUT2D eigenvalue weighted by molar-refractivity contribution is -0.119. The summed E-state index contributed by atoms with van der Waals surface area (Å²) >= 11 is 0. The van der Waals surface area contributed by atoms with Gasteiger partial charge in [-0.2, -0.15) is 0 Å². The number of rotatable bonds is 8. The van der Waals surface area contributed by atoms with Crippen LogP contribution in [-0.2, 0) is 22.7 Å². The van der Waals surface area contributed by atoms with Gasteiger partial charge in [-0.25, -0.2) is 4.98 Å². The molecule has 0 saturated heterocycles. The average Bonchev–Trinajstić information content (AvgIpc) is 2.71. The second kappa shape index (κ2) is 9.19. The van der Waals surface area contributed by atoms with Gasteiger partial charge in [0, 0.05) is 5.69 Å². The van der Waals surface area contributed by atoms with Crippen molar-refractivity contribution in [2.24, 2.45) is 5.73 Å². The minimum Gasteiger partial charge on any atom is -0.497 e. The van der Waals surface area contributed by atoms with Crippen LogP contribution in [0.2, 0.25) is 0 Å². The summed E-state index contributed by atoms with van der Waals surface area (Å²) in [5.41, 5.74) is 6.13. The fraction of sp³-hybridized carbons (Fsp3) is 0.238. The fourth-order valence-electron chi connectivity index (χ4n) is 3.07. The number of hydrogen-bond donors (Lipinski definition) is 2. The number of hydrogen-bond acceptors (Lipinski definition) is 6. The first kappa shape index (κ1) is 21.0. The predicted octanol–water partition coefficient (Wildman–Crippen LogP) is 0.961. The highest BCUT2D eigenvalue weighted by Crippen LogP contribution is 2.15. The first-order chi connectivity index (χ1) is 14.4. The molecule has 156 valence electrons. The van der Waals surface area contributed by atoms with Crippen molar-refractivity contribution in [3.63, 3.8) is 0 Å². The van der Waals surface area contributed by atoms with Gasteiger partial charge in [0.15, 0.2) is 0 Å². The molecule has 0 radical (unpaired) electrons. The number of nitrogens with two attached hydrogens (primary N) is 1. The molecule has 0 aliphatic carbocycles. The highest BCUT2D eigenvalue weighted by atomic mass is 16.5. The smallest absolute Gasteiger partial charge is 0.261 e. The molecule has 0 bridgehead atoms. The number of likely N-dealkylation sites (N-methyl/N-ethyl adjacent to an activating group) is 1. The van der Waals surface area contributed by atoms with E-state index in [4.69, 9.17) is 10.5 Å². The third-order valence-electron chi connectivity index (χ3n) is 4.45. The van der Waals surface area contributed by atoms with E-state index in [1.165, 1.54) is 4.57 Å². The topological polar surface area (TPSA) is 120 Å². The Kier molecular flexibility index (Phi) is 6.43. The first-order valence-electron chi connectivity index (χ1n) is 9.26. The number of anilines is 1. The van der Waals surface area contributed by atoms with Gasteiger partial charge in [-0.15, -0.1) is 0 Å². The molecule has 9 nitrogen and oxygen atoms in total. The van der Waals surface area contributed by atoms with Gasteiger partial charge >= 0.3 is 0 Å². The number of carbonyl (C=O) groups is 2. The van der Waals surface area contributed by atoms with Crippen molar-refractivity contribution in [3.8, 4) is 5.75 Å². The maximum Gasteiger partial charge on any atom is 0.261 e. The molecule has 0 unspecified atom stereocenters. The molecule has 3 rings (SSSR count). The minimum atomic E-state index is -0.643. The summed E-state index contributed by atoms with van der Waals surface area (Å²) in [6.45, 7) is -0.0351. The van der Waals surface area contributed by atoms with Gasteiger partial charge in [-0.3, -0.25) is 23.9 Å². The number of aromatic nitrogens is 2. The number of fused-ring (bicyclic) bond motifs is 1. The Morgan fingerprint density at radius 2 is 1.87 bits per heavy atom. The quantitative estimate of drug-likeness (QED) is 0.572. The number of benzene rings is 2. The van der Waals surface area contributed by atoms with Gasteiger partial charge in [-0.1, -0.05) is 12.1 Å². The maximum atomic E-state index is 12.8. The van der Waals surface area contributed by atoms with Crippen LogP contribution in [0.3, 0.4) is 0 Å². The van der Waals surface area contributed by atoms with Gasteiger partial charge < -0.3 is 15.8 Å². The normalized spacial score (nSPS) is 10.9. The zero-order chi connectivity index (χ0) is 21.7. The molecule has 0 fully saturated rings. The molecule has 0 saturated carbocycles. The molecule has 3 aromatic rings. The summed E-state index contributed by atoms with van der Waals surface area (Å²) in [5, 5.41) is 3.20. The molecule has 2 amide bonds. The number of ether oxygens (including phenoxy) is 1. The number of nitrogens with one attached hydrogen (secondary N) is 1. The van der Waals surface area contributed by atoms with Crippen LogP contribution in [0.25, 0.3) is 10.9 Å². The molecule has 0 aliphatic rings. The lowest BCUT2D eigenvalue weighted by Crippen LogP contribution is -2.36. The second-order valence-corrected chi connectivity index (χ2v) is 6.85. The molecule has 1 heterocycles. The molecular weight excluding hydrogens is 386 g/mol. The van der Waals surface area contributed by atoms with E-state index < -0.39 is 5.91 Å². The van der Waals surface area contributed by atoms with E-state index in [0.717, 1.165) is 0 Å². The largest absolute Gasteiger partial charge is 0.497 e. The molecule has 3 N–H and O–H groups in total. The van der Waals surface area contributed by atoms with Crippen LogP contribution in [0.4, 0.5) is 5.69 Å². The Morgan fingerprint density at radius 3 is 2.53 bits per heavy atom. The first-order valence-corrected chi connectivity index (χ1v) is 9.26. The molecule has 9 heteroatoms. The zero-order valence-electron chi connectivity index (χ0n) is 16.8. The van der Waals surface area contributed by atoms with Gasteiger partial charge in [0.2, 0.25) is 11.8 Å². The second-order valence-electron chi connectivity index (χ2n) is 6.85. The number of para-hydroxylation sites is 1. The van der Waals surface area contributed by atoms with Crippen LogP contribution in [-0.4, -0.2) is 47.0 Å². The highest BCUT2D eigenvalue weighted by Gasteiger charge is 2.16. The summed E-state index contributed by atoms with van der Waals surface area (Å²) in [5.74, 6) is 0.180. The van der Waals surface area contributed by atoms with Crippen LogP contribution in [0.5, 0.6) is 5.75 Å². The summed E-state index contributed by atoms with van der Waals surface area (Å²) in [6.07, 6.45) is 0. The number of amides is 2. The Bertz CT molecular complexity index is 1120. The van der Waals surface area contributed by atoms with E-state index in [1.54, 1.807) is 67.6 Å². The third-order valence-corrected chi connectivity index (χ3v) is 4.45. The van der Waals surface area contributed by atoms with E-state index in [2.05, 4.69) is 10.3 Å². The summed E-state index contributed by atoms with van der Waals surface area (Å²) < 4.78 is 6.35. The summed E-state index contributed by atoms with van der Waals surface area (Å²) in [4.78, 5) is 42.8. The van der Waals surface area contributed by atoms with E-state index in [-0.39, 0.29) is 31.1 Å². The van der Waals surface area contributed by atoms with Crippen molar-refractivity contribution >= 4 is 28.4 Å². The molecule has 0 aliphatic heterocycles. The maximum absolute atomic E-state index is 12.8. The molecule has 30 heavy (non-hydrogen) atoms. The third kappa shape index (κ3) is 5.00. The summed E-state index contributed by atoms with van der Waals surface area (Å²) in [7, 11) is 3.30. The highest BCUT2D eigenvalue weighted by molar-refractivity contribution is 5.92. The Hall–Kier alpha value is -3.72. The molecule has 1 aromatic heterocycles. The van der Waals surface area contributed by atoms with Crippen LogP contribution in [0.15, 0.2) is 53.3 Å². The van der Waals surface area contributed by atoms with Crippen molar-refractivity contribution in [2.75, 3.05) is 26.0 Å². The van der Waals surface area contributed by atoms with Crippen LogP contribution in [0.1, 0.15) is 5.82 Å². The van der Waals surface area contributed by atoms with Gasteiger partial charge in [-0.05, 0) is 43.4 Å². The van der Waals surface area contributed by atoms with Crippen molar-refractivity contribution in [3.05, 3.63) is 64.7 Å². The lowest BCUT2D eigenvalue weighted by Gasteiger charge is -2.19. The van der Waals surface area contributed by atoms with Crippen LogP contribution in [0, 0.1) is 0 Å². The predicted molar refractivity (Wildman–Crippen MR) is 113 cm³/mol. The van der Waals surface area contributed by atoms with Crippen LogP contribution >= 0.6 is 0 Å². The Balaban J connectivity index is 1.76. The number of nitrogens with zero attached hydrogens (tertiary/aromatic N) is 3. The van der Waals surface area contributed by atoms with Gasteiger partial charge in [0.05, 0.1) is 31.1 Å². The lowest BCUT2D eigenvalue weighted by atomic mass is 10.2. The zero-order valence-corrected chi connectivity index (χ0v) is 16.8. The van der Waals surface area contributed by atoms with E-state index in [0.29, 0.717) is 28.2 Å². The SMILES string of the molecule is COc1ccc(NC(=O)CN(C)Cc2nc3ccccc3c(=O)n2CC(N)=O)cc1. The number of carbonyl (C=O) groups excluding carboxylic acids is 2. The Morgan fingerprint density at radius 1 is 1.17 bits per heavy atom. The summed E-state index contributed by atoms with van der Waals surface area (Å²) in [6, 6.07) is 13.9. The standard InChI is InChI=1S/C21H23N5O4/c1-25(13-20(28)23-14-7-9-15(30-2)10-8-14)12-19-24-17-6-4-3-5-16(17)21(29)26(19)11-18(22)27/h3-10H,11-13H2,1-2H3,(H2,22,27)(H,23,28). The Labute approximate surface area is 173 Å². The molecule has 2 aromatic carbocycles. The molecule has 0 spiro atoms. The van der Waals surface area contributed by atoms with Gasteiger partial charge in [0.1, 0.15) is 18.1 Å². The van der Waals surface area contributed by atoms with Crippen LogP contribution < -0.4 is 21.3 Å². The van der Waals surface area contributed by atoms with Crippen molar-refractivity contribution in [2.45, 2.75) is 13.1 Å². The molecule has 0 atom stereocenters. The number of methoxy groups -OCH3 is 1. The fourth-order valence-corrected chi connectivity index (χ4v) is 3.07. The van der Waals surface area contributed by atoms with E-state index >= 15 is 0 Å². The monoisotopic (exact) mass is 409 g/mol. The van der Waals surface area contributed by atoms with E-state index in [9.17, 15) is 14.4 Å². The van der Waals surface area contributed by atoms with Crippen molar-refractivity contribution in [1.29, 1.82) is 0 Å².